The molecule has 0 saturated carbocycles. The summed E-state index contributed by atoms with van der Waals surface area (Å²) < 4.78 is 2.84. The maximum absolute atomic E-state index is 8.94. The first-order valence-electron chi connectivity index (χ1n) is 5.81. The van der Waals surface area contributed by atoms with Gasteiger partial charge in [-0.05, 0) is 43.8 Å². The average Bonchev–Trinajstić information content (AvgIpc) is 2.64. The fourth-order valence-electron chi connectivity index (χ4n) is 2.18. The van der Waals surface area contributed by atoms with Crippen molar-refractivity contribution in [1.82, 2.24) is 9.55 Å². The molecule has 17 heavy (non-hydrogen) atoms. The Bertz CT molecular complexity index is 630. The van der Waals surface area contributed by atoms with E-state index in [4.69, 9.17) is 17.5 Å². The van der Waals surface area contributed by atoms with E-state index in [2.05, 4.69) is 29.5 Å². The van der Waals surface area contributed by atoms with Crippen LogP contribution in [0.2, 0.25) is 0 Å². The lowest BCUT2D eigenvalue weighted by Gasteiger charge is -2.13. The zero-order valence-corrected chi connectivity index (χ0v) is 10.8. The summed E-state index contributed by atoms with van der Waals surface area (Å²) in [5.74, 6) is 0. The summed E-state index contributed by atoms with van der Waals surface area (Å²) >= 11 is 5.35. The number of nitriles is 1. The van der Waals surface area contributed by atoms with Crippen LogP contribution in [0.5, 0.6) is 0 Å². The highest BCUT2D eigenvalue weighted by atomic mass is 32.1. The fourth-order valence-corrected chi connectivity index (χ4v) is 2.56. The largest absolute Gasteiger partial charge is 0.331 e. The van der Waals surface area contributed by atoms with E-state index in [9.17, 15) is 0 Å². The molecule has 0 amide bonds. The van der Waals surface area contributed by atoms with Crippen LogP contribution < -0.4 is 0 Å². The van der Waals surface area contributed by atoms with Crippen molar-refractivity contribution < 1.29 is 0 Å². The number of nitrogens with one attached hydrogen (secondary N) is 1. The van der Waals surface area contributed by atoms with Gasteiger partial charge in [0.1, 0.15) is 0 Å². The van der Waals surface area contributed by atoms with Gasteiger partial charge in [-0.1, -0.05) is 13.3 Å². The standard InChI is InChI=1S/C13H15N3S/c1-3-4-9(2)16-12-7-10(8-14)5-6-11(12)15-13(16)17/h5-7,9H,3-4H2,1-2H3,(H,15,17). The van der Waals surface area contributed by atoms with Crippen LogP contribution in [0, 0.1) is 16.1 Å². The Morgan fingerprint density at radius 3 is 2.94 bits per heavy atom. The van der Waals surface area contributed by atoms with E-state index in [0.29, 0.717) is 11.6 Å². The Balaban J connectivity index is 2.65. The average molecular weight is 245 g/mol. The van der Waals surface area contributed by atoms with E-state index in [1.165, 1.54) is 0 Å². The van der Waals surface area contributed by atoms with E-state index in [0.717, 1.165) is 28.6 Å². The summed E-state index contributed by atoms with van der Waals surface area (Å²) in [5.41, 5.74) is 2.69. The summed E-state index contributed by atoms with van der Waals surface area (Å²) in [6.07, 6.45) is 2.20. The highest BCUT2D eigenvalue weighted by Crippen LogP contribution is 2.22. The molecule has 2 rings (SSSR count). The van der Waals surface area contributed by atoms with Gasteiger partial charge < -0.3 is 9.55 Å². The summed E-state index contributed by atoms with van der Waals surface area (Å²) in [6.45, 7) is 4.32. The number of imidazole rings is 1. The van der Waals surface area contributed by atoms with Gasteiger partial charge in [0, 0.05) is 6.04 Å². The lowest BCUT2D eigenvalue weighted by atomic mass is 10.1. The molecule has 3 nitrogen and oxygen atoms in total. The highest BCUT2D eigenvalue weighted by Gasteiger charge is 2.10. The molecule has 0 bridgehead atoms. The molecule has 0 fully saturated rings. The van der Waals surface area contributed by atoms with Crippen molar-refractivity contribution in [3.05, 3.63) is 28.5 Å². The van der Waals surface area contributed by atoms with E-state index in [-0.39, 0.29) is 0 Å². The molecule has 1 unspecified atom stereocenters. The normalized spacial score (nSPS) is 12.5. The molecule has 0 aliphatic carbocycles. The van der Waals surface area contributed by atoms with Gasteiger partial charge in [0.05, 0.1) is 22.7 Å². The number of rotatable bonds is 3. The predicted molar refractivity (Wildman–Crippen MR) is 71.5 cm³/mol. The van der Waals surface area contributed by atoms with Gasteiger partial charge in [-0.3, -0.25) is 0 Å². The van der Waals surface area contributed by atoms with Crippen LogP contribution in [0.1, 0.15) is 38.3 Å². The predicted octanol–water partition coefficient (Wildman–Crippen LogP) is 3.93. The second-order valence-electron chi connectivity index (χ2n) is 4.28. The number of fused-ring (bicyclic) bond motifs is 1. The lowest BCUT2D eigenvalue weighted by molar-refractivity contribution is 0.507. The van der Waals surface area contributed by atoms with Crippen molar-refractivity contribution in [2.24, 2.45) is 0 Å². The van der Waals surface area contributed by atoms with Crippen molar-refractivity contribution in [2.75, 3.05) is 0 Å². The Kier molecular flexibility index (Phi) is 3.30. The molecule has 0 saturated heterocycles. The zero-order chi connectivity index (χ0) is 12.4. The fraction of sp³-hybridized carbons (Fsp3) is 0.385. The number of H-pyrrole nitrogens is 1. The molecule has 1 atom stereocenters. The minimum atomic E-state index is 0.357. The third kappa shape index (κ3) is 2.11. The van der Waals surface area contributed by atoms with Crippen LogP contribution >= 0.6 is 12.2 Å². The van der Waals surface area contributed by atoms with Gasteiger partial charge in [-0.15, -0.1) is 0 Å². The molecular weight excluding hydrogens is 230 g/mol. The number of hydrogen-bond acceptors (Lipinski definition) is 2. The van der Waals surface area contributed by atoms with Crippen molar-refractivity contribution in [3.63, 3.8) is 0 Å². The number of benzene rings is 1. The second kappa shape index (κ2) is 4.72. The monoisotopic (exact) mass is 245 g/mol. The third-order valence-corrected chi connectivity index (χ3v) is 3.29. The van der Waals surface area contributed by atoms with Crippen molar-refractivity contribution in [2.45, 2.75) is 32.7 Å². The zero-order valence-electron chi connectivity index (χ0n) is 10.0. The third-order valence-electron chi connectivity index (χ3n) is 2.99. The molecule has 0 aliphatic rings. The van der Waals surface area contributed by atoms with Crippen LogP contribution in [0.25, 0.3) is 11.0 Å². The first kappa shape index (κ1) is 11.9. The first-order chi connectivity index (χ1) is 8.17. The van der Waals surface area contributed by atoms with Gasteiger partial charge in [0.2, 0.25) is 0 Å². The molecule has 1 heterocycles. The minimum Gasteiger partial charge on any atom is -0.331 e. The highest BCUT2D eigenvalue weighted by molar-refractivity contribution is 7.71. The quantitative estimate of drug-likeness (QED) is 0.833. The molecular formula is C13H15N3S. The molecule has 1 N–H and O–H groups in total. The molecule has 0 aliphatic heterocycles. The first-order valence-corrected chi connectivity index (χ1v) is 6.22. The Hall–Kier alpha value is -1.60. The van der Waals surface area contributed by atoms with E-state index in [1.54, 1.807) is 0 Å². The Morgan fingerprint density at radius 1 is 1.53 bits per heavy atom. The smallest absolute Gasteiger partial charge is 0.178 e. The summed E-state index contributed by atoms with van der Waals surface area (Å²) in [5, 5.41) is 8.94. The summed E-state index contributed by atoms with van der Waals surface area (Å²) in [6, 6.07) is 8.14. The van der Waals surface area contributed by atoms with Crippen molar-refractivity contribution >= 4 is 23.3 Å². The van der Waals surface area contributed by atoms with Crippen LogP contribution in [0.4, 0.5) is 0 Å². The molecule has 4 heteroatoms. The number of nitrogens with zero attached hydrogens (tertiary/aromatic N) is 2. The van der Waals surface area contributed by atoms with Crippen molar-refractivity contribution in [3.8, 4) is 6.07 Å². The van der Waals surface area contributed by atoms with Crippen LogP contribution in [0.3, 0.4) is 0 Å². The molecule has 0 radical (unpaired) electrons. The van der Waals surface area contributed by atoms with E-state index >= 15 is 0 Å². The second-order valence-corrected chi connectivity index (χ2v) is 4.67. The molecule has 2 aromatic rings. The SMILES string of the molecule is CCCC(C)n1c(=S)[nH]c2ccc(C#N)cc21. The minimum absolute atomic E-state index is 0.357. The topological polar surface area (TPSA) is 44.5 Å². The Labute approximate surface area is 106 Å². The maximum Gasteiger partial charge on any atom is 0.178 e. The van der Waals surface area contributed by atoms with Gasteiger partial charge >= 0.3 is 0 Å². The van der Waals surface area contributed by atoms with Gasteiger partial charge in [-0.25, -0.2) is 0 Å². The van der Waals surface area contributed by atoms with E-state index < -0.39 is 0 Å². The lowest BCUT2D eigenvalue weighted by Crippen LogP contribution is -2.04. The molecule has 1 aromatic carbocycles. The number of aromatic amines is 1. The van der Waals surface area contributed by atoms with Crippen molar-refractivity contribution in [1.29, 1.82) is 5.26 Å². The Morgan fingerprint density at radius 2 is 2.29 bits per heavy atom. The van der Waals surface area contributed by atoms with Gasteiger partial charge in [0.15, 0.2) is 4.77 Å². The molecule has 88 valence electrons. The molecule has 1 aromatic heterocycles. The van der Waals surface area contributed by atoms with E-state index in [1.807, 2.05) is 18.2 Å². The summed E-state index contributed by atoms with van der Waals surface area (Å²) in [7, 11) is 0. The summed E-state index contributed by atoms with van der Waals surface area (Å²) in [4.78, 5) is 3.19. The van der Waals surface area contributed by atoms with Crippen LogP contribution in [0.15, 0.2) is 18.2 Å². The van der Waals surface area contributed by atoms with Gasteiger partial charge in [-0.2, -0.15) is 5.26 Å². The maximum atomic E-state index is 8.94. The number of aromatic nitrogens is 2. The van der Waals surface area contributed by atoms with Crippen LogP contribution in [-0.2, 0) is 0 Å². The number of hydrogen-bond donors (Lipinski definition) is 1. The molecule has 0 spiro atoms. The van der Waals surface area contributed by atoms with Crippen LogP contribution in [-0.4, -0.2) is 9.55 Å². The van der Waals surface area contributed by atoms with Gasteiger partial charge in [0.25, 0.3) is 0 Å².